The lowest BCUT2D eigenvalue weighted by atomic mass is 10.0. The lowest BCUT2D eigenvalue weighted by molar-refractivity contribution is 0.416. The number of methoxy groups -OCH3 is 1. The summed E-state index contributed by atoms with van der Waals surface area (Å²) in [6.45, 7) is 1.91. The summed E-state index contributed by atoms with van der Waals surface area (Å²) in [5.41, 5.74) is 4.04. The van der Waals surface area contributed by atoms with E-state index < -0.39 is 11.2 Å². The smallest absolute Gasteiger partial charge is 0.152 e. The molecule has 154 valence electrons. The Morgan fingerprint density at radius 1 is 1.10 bits per heavy atom. The van der Waals surface area contributed by atoms with Gasteiger partial charge in [0.15, 0.2) is 4.90 Å². The summed E-state index contributed by atoms with van der Waals surface area (Å²) in [7, 11) is 1.62. The van der Waals surface area contributed by atoms with Crippen molar-refractivity contribution in [3.8, 4) is 16.9 Å². The van der Waals surface area contributed by atoms with Crippen LogP contribution < -0.4 is 4.74 Å². The third kappa shape index (κ3) is 4.03. The first kappa shape index (κ1) is 21.1. The van der Waals surface area contributed by atoms with E-state index in [0.29, 0.717) is 39.0 Å². The molecule has 0 bridgehead atoms. The van der Waals surface area contributed by atoms with E-state index in [2.05, 4.69) is 4.98 Å². The fraction of sp³-hybridized carbons (Fsp3) is 0.174. The molecule has 4 rings (SSSR count). The highest BCUT2D eigenvalue weighted by Crippen LogP contribution is 2.42. The maximum absolute atomic E-state index is 11.9. The summed E-state index contributed by atoms with van der Waals surface area (Å²) in [6, 6.07) is 17.2. The molecule has 0 aliphatic carbocycles. The van der Waals surface area contributed by atoms with Gasteiger partial charge >= 0.3 is 0 Å². The Kier molecular flexibility index (Phi) is 6.25. The second kappa shape index (κ2) is 8.90. The number of hydrogen-bond donors (Lipinski definition) is 1. The minimum atomic E-state index is -0.953. The van der Waals surface area contributed by atoms with E-state index in [1.807, 2.05) is 61.5 Å². The van der Waals surface area contributed by atoms with Gasteiger partial charge in [-0.25, -0.2) is 4.98 Å². The number of ether oxygens (including phenoxy) is 1. The van der Waals surface area contributed by atoms with Gasteiger partial charge in [0, 0.05) is 17.5 Å². The molecule has 7 heteroatoms. The second-order valence-corrected chi connectivity index (χ2v) is 9.31. The first-order valence-electron chi connectivity index (χ1n) is 9.49. The average Bonchev–Trinajstić information content (AvgIpc) is 3.16. The monoisotopic (exact) mass is 458 g/mol. The van der Waals surface area contributed by atoms with Crippen LogP contribution in [0.25, 0.3) is 22.2 Å². The number of H-pyrrole nitrogens is 1. The lowest BCUT2D eigenvalue weighted by Gasteiger charge is -2.12. The largest absolute Gasteiger partial charge is 0.611 e. The third-order valence-corrected chi connectivity index (χ3v) is 6.90. The summed E-state index contributed by atoms with van der Waals surface area (Å²) in [5.74, 6) is 2.09. The molecule has 30 heavy (non-hydrogen) atoms. The van der Waals surface area contributed by atoms with Gasteiger partial charge in [-0.1, -0.05) is 53.5 Å². The van der Waals surface area contributed by atoms with Gasteiger partial charge in [-0.3, -0.25) is 0 Å². The van der Waals surface area contributed by atoms with E-state index in [1.54, 1.807) is 7.11 Å². The number of para-hydroxylation sites is 1. The minimum absolute atomic E-state index is 0.484. The quantitative estimate of drug-likeness (QED) is 0.346. The van der Waals surface area contributed by atoms with Crippen molar-refractivity contribution in [2.45, 2.75) is 18.2 Å². The van der Waals surface area contributed by atoms with Crippen LogP contribution in [0.15, 0.2) is 59.5 Å². The number of aromatic amines is 1. The van der Waals surface area contributed by atoms with E-state index in [9.17, 15) is 4.55 Å². The van der Waals surface area contributed by atoms with Gasteiger partial charge in [-0.15, -0.1) is 0 Å². The predicted molar refractivity (Wildman–Crippen MR) is 124 cm³/mol. The van der Waals surface area contributed by atoms with E-state index in [1.165, 1.54) is 0 Å². The molecule has 0 saturated carbocycles. The third-order valence-electron chi connectivity index (χ3n) is 4.91. The van der Waals surface area contributed by atoms with Crippen molar-refractivity contribution in [1.29, 1.82) is 0 Å². The van der Waals surface area contributed by atoms with Crippen LogP contribution in [-0.4, -0.2) is 27.4 Å². The van der Waals surface area contributed by atoms with Crippen LogP contribution in [0.3, 0.4) is 0 Å². The summed E-state index contributed by atoms with van der Waals surface area (Å²) in [6.07, 6.45) is 0.603. The van der Waals surface area contributed by atoms with Gasteiger partial charge in [0.2, 0.25) is 0 Å². The van der Waals surface area contributed by atoms with Crippen molar-refractivity contribution < 1.29 is 9.29 Å². The zero-order valence-electron chi connectivity index (χ0n) is 16.5. The molecule has 1 unspecified atom stereocenters. The van der Waals surface area contributed by atoms with E-state index in [-0.39, 0.29) is 0 Å². The Balaban J connectivity index is 1.70. The SMILES string of the molecule is CC[S+]([O-])c1ccc(Cc2nc3c(Cl)c(-c4ccccc4OC)c(Cl)cc3[nH]2)cc1. The normalized spacial score (nSPS) is 12.3. The number of benzene rings is 3. The zero-order chi connectivity index (χ0) is 21.3. The van der Waals surface area contributed by atoms with Crippen LogP contribution in [0.5, 0.6) is 5.75 Å². The van der Waals surface area contributed by atoms with Gasteiger partial charge in [0.1, 0.15) is 22.8 Å². The molecule has 1 N–H and O–H groups in total. The molecule has 0 spiro atoms. The maximum atomic E-state index is 11.9. The number of rotatable bonds is 6. The van der Waals surface area contributed by atoms with Gasteiger partial charge in [-0.05, 0) is 47.9 Å². The minimum Gasteiger partial charge on any atom is -0.611 e. The summed E-state index contributed by atoms with van der Waals surface area (Å²) < 4.78 is 17.4. The number of nitrogens with one attached hydrogen (secondary N) is 1. The van der Waals surface area contributed by atoms with Crippen LogP contribution in [-0.2, 0) is 17.6 Å². The van der Waals surface area contributed by atoms with E-state index in [0.717, 1.165) is 27.4 Å². The van der Waals surface area contributed by atoms with Crippen LogP contribution in [0.1, 0.15) is 18.3 Å². The Morgan fingerprint density at radius 3 is 2.53 bits per heavy atom. The number of halogens is 2. The number of imidazole rings is 1. The fourth-order valence-corrected chi connectivity index (χ4v) is 4.91. The molecular weight excluding hydrogens is 439 g/mol. The van der Waals surface area contributed by atoms with Crippen molar-refractivity contribution in [2.24, 2.45) is 0 Å². The van der Waals surface area contributed by atoms with Gasteiger partial charge < -0.3 is 14.3 Å². The summed E-state index contributed by atoms with van der Waals surface area (Å²) in [4.78, 5) is 8.86. The number of hydrogen-bond acceptors (Lipinski definition) is 3. The zero-order valence-corrected chi connectivity index (χ0v) is 18.9. The first-order chi connectivity index (χ1) is 14.5. The standard InChI is InChI=1S/C23H20Cl2N2O2S/c1-3-30(28)15-10-8-14(9-11-15)12-20-26-18-13-17(24)21(22(25)23(18)27-20)16-6-4-5-7-19(16)29-2/h4-11,13H,3,12H2,1-2H3,(H,26,27). The highest BCUT2D eigenvalue weighted by molar-refractivity contribution is 7.91. The number of fused-ring (bicyclic) bond motifs is 1. The molecule has 3 aromatic carbocycles. The average molecular weight is 459 g/mol. The molecule has 1 aromatic heterocycles. The van der Waals surface area contributed by atoms with Crippen molar-refractivity contribution in [2.75, 3.05) is 12.9 Å². The molecule has 4 nitrogen and oxygen atoms in total. The van der Waals surface area contributed by atoms with Gasteiger partial charge in [0.25, 0.3) is 0 Å². The molecule has 0 saturated heterocycles. The fourth-order valence-electron chi connectivity index (χ4n) is 3.43. The highest BCUT2D eigenvalue weighted by Gasteiger charge is 2.19. The van der Waals surface area contributed by atoms with E-state index >= 15 is 0 Å². The van der Waals surface area contributed by atoms with Crippen molar-refractivity contribution in [3.05, 3.63) is 76.0 Å². The van der Waals surface area contributed by atoms with Crippen molar-refractivity contribution >= 4 is 45.4 Å². The maximum Gasteiger partial charge on any atom is 0.152 e. The van der Waals surface area contributed by atoms with E-state index in [4.69, 9.17) is 32.9 Å². The molecule has 1 heterocycles. The highest BCUT2D eigenvalue weighted by atomic mass is 35.5. The van der Waals surface area contributed by atoms with Crippen LogP contribution in [0.4, 0.5) is 0 Å². The van der Waals surface area contributed by atoms with Gasteiger partial charge in [0.05, 0.1) is 22.7 Å². The molecule has 0 amide bonds. The predicted octanol–water partition coefficient (Wildman–Crippen LogP) is 6.26. The molecule has 4 aromatic rings. The molecule has 0 fully saturated rings. The van der Waals surface area contributed by atoms with Crippen molar-refractivity contribution in [3.63, 3.8) is 0 Å². The molecule has 0 aliphatic rings. The van der Waals surface area contributed by atoms with Crippen molar-refractivity contribution in [1.82, 2.24) is 9.97 Å². The second-order valence-electron chi connectivity index (χ2n) is 6.78. The molecule has 0 radical (unpaired) electrons. The Morgan fingerprint density at radius 2 is 1.83 bits per heavy atom. The number of aromatic nitrogens is 2. The lowest BCUT2D eigenvalue weighted by Crippen LogP contribution is -2.03. The Bertz CT molecular complexity index is 1190. The van der Waals surface area contributed by atoms with Gasteiger partial charge in [-0.2, -0.15) is 0 Å². The van der Waals surface area contributed by atoms with Crippen LogP contribution in [0.2, 0.25) is 10.0 Å². The summed E-state index contributed by atoms with van der Waals surface area (Å²) in [5, 5.41) is 1.01. The Hall–Kier alpha value is -2.18. The first-order valence-corrected chi connectivity index (χ1v) is 11.6. The molecule has 1 atom stereocenters. The summed E-state index contributed by atoms with van der Waals surface area (Å²) >= 11 is 12.4. The Labute approximate surface area is 188 Å². The number of nitrogens with zero attached hydrogens (tertiary/aromatic N) is 1. The molecule has 0 aliphatic heterocycles. The van der Waals surface area contributed by atoms with Crippen LogP contribution >= 0.6 is 23.2 Å². The topological polar surface area (TPSA) is 61.0 Å². The molecular formula is C23H20Cl2N2O2S. The van der Waals surface area contributed by atoms with Crippen LogP contribution in [0, 0.1) is 0 Å².